The average molecular weight is 742 g/mol. The lowest BCUT2D eigenvalue weighted by molar-refractivity contribution is 0.0600. The van der Waals surface area contributed by atoms with Crippen LogP contribution >= 0.6 is 11.6 Å². The number of aryl methyl sites for hydroxylation is 1. The lowest BCUT2D eigenvalue weighted by Gasteiger charge is -2.47. The van der Waals surface area contributed by atoms with Crippen LogP contribution in [0.25, 0.3) is 0 Å². The molecular weight excluding hydrogens is 686 g/mol. The number of halogens is 1. The van der Waals surface area contributed by atoms with Gasteiger partial charge in [-0.25, -0.2) is 14.6 Å². The molecule has 2 amide bonds. The number of nitrogens with one attached hydrogen (secondary N) is 2. The highest BCUT2D eigenvalue weighted by molar-refractivity contribution is 6.99. The lowest BCUT2D eigenvalue weighted by Crippen LogP contribution is -2.67. The van der Waals surface area contributed by atoms with Crippen molar-refractivity contribution in [3.8, 4) is 0 Å². The molecule has 9 heteroatoms. The maximum atomic E-state index is 14.0. The number of urea groups is 1. The summed E-state index contributed by atoms with van der Waals surface area (Å²) >= 11 is 7.04. The summed E-state index contributed by atoms with van der Waals surface area (Å²) in [6.45, 7) is 20.3. The molecule has 278 valence electrons. The number of ether oxygens (including phenoxy) is 1. The summed E-state index contributed by atoms with van der Waals surface area (Å²) < 4.78 is 12.3. The van der Waals surface area contributed by atoms with Crippen molar-refractivity contribution in [1.82, 2.24) is 10.3 Å². The molecule has 0 aliphatic carbocycles. The standard InChI is InChI=1S/C43H56ClN3O4Si/c1-30(2)36(29-51-52(42(6,7)8,34-17-13-11-14-18-34)35-19-15-12-16-20-35)43(9,33-23-21-31(37(44)27-33)25-26-41(3,4)5)47-40(49)46-38-24-22-32(28-45-38)39(48)50-10/h11-24,27-28,30,36H,25-26,29H2,1-10H3,(H2,45,46,47,49)/t36-,43?/m1/s1. The normalized spacial score (nSPS) is 14.0. The van der Waals surface area contributed by atoms with E-state index in [1.807, 2.05) is 18.2 Å². The van der Waals surface area contributed by atoms with Crippen molar-refractivity contribution in [2.75, 3.05) is 19.0 Å². The van der Waals surface area contributed by atoms with E-state index < -0.39 is 25.9 Å². The zero-order valence-corrected chi connectivity index (χ0v) is 34.2. The Hall–Kier alpha value is -3.98. The third-order valence-electron chi connectivity index (χ3n) is 10.0. The Kier molecular flexibility index (Phi) is 13.2. The third kappa shape index (κ3) is 9.51. The molecule has 4 aromatic rings. The third-order valence-corrected chi connectivity index (χ3v) is 15.4. The molecule has 0 saturated carbocycles. The van der Waals surface area contributed by atoms with Gasteiger partial charge in [0, 0.05) is 23.7 Å². The smallest absolute Gasteiger partial charge is 0.339 e. The maximum absolute atomic E-state index is 14.0. The van der Waals surface area contributed by atoms with Crippen molar-refractivity contribution in [1.29, 1.82) is 0 Å². The molecule has 2 N–H and O–H groups in total. The van der Waals surface area contributed by atoms with Gasteiger partial charge in [-0.1, -0.05) is 140 Å². The summed E-state index contributed by atoms with van der Waals surface area (Å²) in [5, 5.41) is 9.05. The number of nitrogens with zero attached hydrogens (tertiary/aromatic N) is 1. The van der Waals surface area contributed by atoms with Crippen LogP contribution in [0.3, 0.4) is 0 Å². The highest BCUT2D eigenvalue weighted by Crippen LogP contribution is 2.41. The van der Waals surface area contributed by atoms with Crippen molar-refractivity contribution >= 4 is 48.1 Å². The van der Waals surface area contributed by atoms with E-state index in [-0.39, 0.29) is 22.3 Å². The molecule has 0 spiro atoms. The zero-order valence-electron chi connectivity index (χ0n) is 32.5. The van der Waals surface area contributed by atoms with Crippen LogP contribution in [-0.2, 0) is 21.1 Å². The number of aromatic nitrogens is 1. The zero-order chi connectivity index (χ0) is 38.3. The fourth-order valence-electron chi connectivity index (χ4n) is 7.05. The number of carbonyl (C=O) groups excluding carboxylic acids is 2. The van der Waals surface area contributed by atoms with Crippen molar-refractivity contribution in [3.05, 3.63) is 119 Å². The van der Waals surface area contributed by atoms with Gasteiger partial charge in [-0.15, -0.1) is 0 Å². The number of benzene rings is 3. The predicted octanol–water partition coefficient (Wildman–Crippen LogP) is 9.39. The summed E-state index contributed by atoms with van der Waals surface area (Å²) in [6, 6.07) is 30.1. The van der Waals surface area contributed by atoms with Crippen molar-refractivity contribution in [3.63, 3.8) is 0 Å². The van der Waals surface area contributed by atoms with Crippen LogP contribution in [0.1, 0.15) is 90.2 Å². The minimum atomic E-state index is -2.91. The van der Waals surface area contributed by atoms with Crippen LogP contribution in [0.4, 0.5) is 10.6 Å². The molecule has 0 aliphatic heterocycles. The molecule has 0 saturated heterocycles. The van der Waals surface area contributed by atoms with E-state index in [0.29, 0.717) is 23.0 Å². The number of carbonyl (C=O) groups is 2. The number of pyridine rings is 1. The molecular formula is C43H56ClN3O4Si. The Balaban J connectivity index is 1.79. The molecule has 0 bridgehead atoms. The molecule has 1 aromatic heterocycles. The quantitative estimate of drug-likeness (QED) is 0.105. The van der Waals surface area contributed by atoms with Gasteiger partial charge >= 0.3 is 12.0 Å². The molecule has 7 nitrogen and oxygen atoms in total. The van der Waals surface area contributed by atoms with Gasteiger partial charge in [0.05, 0.1) is 18.2 Å². The molecule has 0 aliphatic rings. The largest absolute Gasteiger partial charge is 0.465 e. The number of hydrogen-bond donors (Lipinski definition) is 2. The second-order valence-corrected chi connectivity index (χ2v) is 21.1. The van der Waals surface area contributed by atoms with Gasteiger partial charge in [0.15, 0.2) is 0 Å². The average Bonchev–Trinajstić information content (AvgIpc) is 3.09. The molecule has 0 fully saturated rings. The van der Waals surface area contributed by atoms with E-state index in [9.17, 15) is 9.59 Å². The molecule has 1 unspecified atom stereocenters. The van der Waals surface area contributed by atoms with E-state index in [1.165, 1.54) is 23.7 Å². The van der Waals surface area contributed by atoms with Gasteiger partial charge in [-0.2, -0.15) is 0 Å². The van der Waals surface area contributed by atoms with E-state index in [1.54, 1.807) is 12.1 Å². The van der Waals surface area contributed by atoms with Gasteiger partial charge in [0.2, 0.25) is 0 Å². The number of anilines is 1. The second kappa shape index (κ2) is 16.8. The summed E-state index contributed by atoms with van der Waals surface area (Å²) in [4.78, 5) is 30.2. The first kappa shape index (κ1) is 40.8. The van der Waals surface area contributed by atoms with Gasteiger partial charge in [-0.05, 0) is 75.8 Å². The SMILES string of the molecule is COC(=O)c1ccc(NC(=O)NC(C)(c2ccc(CCC(C)(C)C)c(Cl)c2)[C@H](CO[Si](c2ccccc2)(c2ccccc2)C(C)(C)C)C(C)C)nc1. The number of methoxy groups -OCH3 is 1. The Morgan fingerprint density at radius 3 is 1.90 bits per heavy atom. The first-order chi connectivity index (χ1) is 24.4. The number of amides is 2. The fraction of sp³-hybridized carbons (Fsp3) is 0.419. The summed E-state index contributed by atoms with van der Waals surface area (Å²) in [5.41, 5.74) is 1.49. The topological polar surface area (TPSA) is 89.5 Å². The first-order valence-corrected chi connectivity index (χ1v) is 20.4. The van der Waals surface area contributed by atoms with Gasteiger partial charge < -0.3 is 14.5 Å². The highest BCUT2D eigenvalue weighted by atomic mass is 35.5. The second-order valence-electron chi connectivity index (χ2n) is 16.4. The maximum Gasteiger partial charge on any atom is 0.339 e. The van der Waals surface area contributed by atoms with E-state index in [2.05, 4.69) is 139 Å². The molecule has 3 aromatic carbocycles. The van der Waals surface area contributed by atoms with Gasteiger partial charge in [0.25, 0.3) is 8.32 Å². The molecule has 0 radical (unpaired) electrons. The van der Waals surface area contributed by atoms with Crippen molar-refractivity contribution < 1.29 is 18.8 Å². The van der Waals surface area contributed by atoms with Crippen LogP contribution < -0.4 is 21.0 Å². The Bertz CT molecular complexity index is 1750. The Morgan fingerprint density at radius 1 is 0.846 bits per heavy atom. The molecule has 2 atom stereocenters. The summed E-state index contributed by atoms with van der Waals surface area (Å²) in [7, 11) is -1.59. The summed E-state index contributed by atoms with van der Waals surface area (Å²) in [6.07, 6.45) is 3.23. The highest BCUT2D eigenvalue weighted by Gasteiger charge is 2.51. The minimum absolute atomic E-state index is 0.0836. The van der Waals surface area contributed by atoms with Crippen LogP contribution in [-0.4, -0.2) is 39.0 Å². The Labute approximate surface area is 317 Å². The first-order valence-electron chi connectivity index (χ1n) is 18.1. The monoisotopic (exact) mass is 741 g/mol. The molecule has 1 heterocycles. The van der Waals surface area contributed by atoms with Crippen LogP contribution in [0.2, 0.25) is 10.1 Å². The van der Waals surface area contributed by atoms with E-state index >= 15 is 0 Å². The van der Waals surface area contributed by atoms with Crippen molar-refractivity contribution in [2.24, 2.45) is 17.3 Å². The lowest BCUT2D eigenvalue weighted by atomic mass is 9.74. The van der Waals surface area contributed by atoms with E-state index in [0.717, 1.165) is 24.0 Å². The minimum Gasteiger partial charge on any atom is -0.465 e. The van der Waals surface area contributed by atoms with Crippen LogP contribution in [0.15, 0.2) is 97.2 Å². The molecule has 4 rings (SSSR count). The van der Waals surface area contributed by atoms with Gasteiger partial charge in [-0.3, -0.25) is 5.32 Å². The van der Waals surface area contributed by atoms with Gasteiger partial charge in [0.1, 0.15) is 5.82 Å². The number of rotatable bonds is 13. The van der Waals surface area contributed by atoms with Crippen molar-refractivity contribution in [2.45, 2.75) is 85.7 Å². The fourth-order valence-corrected chi connectivity index (χ4v) is 11.9. The van der Waals surface area contributed by atoms with E-state index in [4.69, 9.17) is 20.8 Å². The van der Waals surface area contributed by atoms with Crippen LogP contribution in [0, 0.1) is 17.3 Å². The summed E-state index contributed by atoms with van der Waals surface area (Å²) in [5.74, 6) is -0.307. The molecule has 52 heavy (non-hydrogen) atoms. The van der Waals surface area contributed by atoms with Crippen LogP contribution in [0.5, 0.6) is 0 Å². The number of hydrogen-bond acceptors (Lipinski definition) is 5. The number of esters is 1. The Morgan fingerprint density at radius 2 is 1.44 bits per heavy atom. The predicted molar refractivity (Wildman–Crippen MR) is 216 cm³/mol.